The van der Waals surface area contributed by atoms with Crippen LogP contribution in [0.4, 0.5) is 11.5 Å². The molecule has 2 aromatic heterocycles. The topological polar surface area (TPSA) is 66.9 Å². The standard InChI is InChI=1S/C14H16N4O/c1-2-14(19)18-12-3-4-13(17-10-12)16-9-11-5-7-15-8-6-11/h3-8,10H,2,9H2,1H3,(H,16,17)(H,18,19). The number of hydrogen-bond acceptors (Lipinski definition) is 4. The van der Waals surface area contributed by atoms with Gasteiger partial charge in [-0.05, 0) is 29.8 Å². The first-order valence-electron chi connectivity index (χ1n) is 6.16. The summed E-state index contributed by atoms with van der Waals surface area (Å²) in [6, 6.07) is 7.56. The zero-order chi connectivity index (χ0) is 13.5. The fraction of sp³-hybridized carbons (Fsp3) is 0.214. The minimum Gasteiger partial charge on any atom is -0.366 e. The monoisotopic (exact) mass is 256 g/mol. The van der Waals surface area contributed by atoms with Crippen molar-refractivity contribution in [1.82, 2.24) is 9.97 Å². The summed E-state index contributed by atoms with van der Waals surface area (Å²) >= 11 is 0. The molecule has 19 heavy (non-hydrogen) atoms. The van der Waals surface area contributed by atoms with E-state index in [1.54, 1.807) is 18.6 Å². The minimum absolute atomic E-state index is 0.0145. The summed E-state index contributed by atoms with van der Waals surface area (Å²) in [5, 5.41) is 5.96. The molecule has 0 atom stereocenters. The Hall–Kier alpha value is -2.43. The first-order valence-corrected chi connectivity index (χ1v) is 6.16. The predicted molar refractivity (Wildman–Crippen MR) is 74.7 cm³/mol. The molecule has 2 aromatic rings. The van der Waals surface area contributed by atoms with Gasteiger partial charge in [-0.1, -0.05) is 6.92 Å². The molecule has 2 N–H and O–H groups in total. The normalized spacial score (nSPS) is 9.95. The van der Waals surface area contributed by atoms with Crippen LogP contribution in [0.2, 0.25) is 0 Å². The molecule has 5 nitrogen and oxygen atoms in total. The van der Waals surface area contributed by atoms with Crippen LogP contribution in [-0.4, -0.2) is 15.9 Å². The molecule has 0 fully saturated rings. The van der Waals surface area contributed by atoms with Gasteiger partial charge in [0, 0.05) is 25.4 Å². The second-order valence-electron chi connectivity index (χ2n) is 4.04. The number of nitrogens with zero attached hydrogens (tertiary/aromatic N) is 2. The Bertz CT molecular complexity index is 525. The van der Waals surface area contributed by atoms with Crippen LogP contribution in [0.5, 0.6) is 0 Å². The van der Waals surface area contributed by atoms with Gasteiger partial charge < -0.3 is 10.6 Å². The Kier molecular flexibility index (Phi) is 4.44. The van der Waals surface area contributed by atoms with Crippen LogP contribution in [0.15, 0.2) is 42.9 Å². The molecular formula is C14H16N4O. The van der Waals surface area contributed by atoms with Gasteiger partial charge in [-0.2, -0.15) is 0 Å². The van der Waals surface area contributed by atoms with Gasteiger partial charge >= 0.3 is 0 Å². The van der Waals surface area contributed by atoms with Gasteiger partial charge in [0.1, 0.15) is 5.82 Å². The molecule has 0 radical (unpaired) electrons. The summed E-state index contributed by atoms with van der Waals surface area (Å²) in [4.78, 5) is 19.4. The van der Waals surface area contributed by atoms with Crippen molar-refractivity contribution in [3.8, 4) is 0 Å². The van der Waals surface area contributed by atoms with Crippen molar-refractivity contribution in [3.63, 3.8) is 0 Å². The Morgan fingerprint density at radius 3 is 2.63 bits per heavy atom. The number of nitrogens with one attached hydrogen (secondary N) is 2. The minimum atomic E-state index is -0.0145. The van der Waals surface area contributed by atoms with Crippen LogP contribution >= 0.6 is 0 Å². The lowest BCUT2D eigenvalue weighted by atomic mass is 10.3. The average Bonchev–Trinajstić information content (AvgIpc) is 2.47. The van der Waals surface area contributed by atoms with Crippen molar-refractivity contribution in [2.45, 2.75) is 19.9 Å². The van der Waals surface area contributed by atoms with E-state index >= 15 is 0 Å². The highest BCUT2D eigenvalue weighted by atomic mass is 16.1. The average molecular weight is 256 g/mol. The third-order valence-electron chi connectivity index (χ3n) is 2.59. The van der Waals surface area contributed by atoms with Crippen molar-refractivity contribution in [3.05, 3.63) is 48.4 Å². The number of pyridine rings is 2. The highest BCUT2D eigenvalue weighted by Gasteiger charge is 2.00. The molecule has 98 valence electrons. The Balaban J connectivity index is 1.90. The maximum absolute atomic E-state index is 11.2. The molecule has 0 aliphatic carbocycles. The van der Waals surface area contributed by atoms with Crippen molar-refractivity contribution in [2.24, 2.45) is 0 Å². The predicted octanol–water partition coefficient (Wildman–Crippen LogP) is 2.44. The van der Waals surface area contributed by atoms with Gasteiger partial charge in [-0.15, -0.1) is 0 Å². The molecule has 0 bridgehead atoms. The smallest absolute Gasteiger partial charge is 0.224 e. The molecule has 5 heteroatoms. The number of anilines is 2. The van der Waals surface area contributed by atoms with Crippen LogP contribution in [0, 0.1) is 0 Å². The molecule has 0 saturated heterocycles. The zero-order valence-corrected chi connectivity index (χ0v) is 10.8. The summed E-state index contributed by atoms with van der Waals surface area (Å²) in [7, 11) is 0. The Morgan fingerprint density at radius 2 is 2.00 bits per heavy atom. The van der Waals surface area contributed by atoms with Crippen molar-refractivity contribution in [2.75, 3.05) is 10.6 Å². The molecule has 0 aliphatic rings. The van der Waals surface area contributed by atoms with Crippen molar-refractivity contribution >= 4 is 17.4 Å². The fourth-order valence-corrected chi connectivity index (χ4v) is 1.52. The van der Waals surface area contributed by atoms with Gasteiger partial charge in [0.25, 0.3) is 0 Å². The molecule has 2 rings (SSSR count). The second-order valence-corrected chi connectivity index (χ2v) is 4.04. The molecule has 0 aliphatic heterocycles. The maximum Gasteiger partial charge on any atom is 0.224 e. The van der Waals surface area contributed by atoms with E-state index in [1.165, 1.54) is 0 Å². The zero-order valence-electron chi connectivity index (χ0n) is 10.8. The lowest BCUT2D eigenvalue weighted by molar-refractivity contribution is -0.115. The summed E-state index contributed by atoms with van der Waals surface area (Å²) in [5.41, 5.74) is 1.85. The van der Waals surface area contributed by atoms with E-state index in [4.69, 9.17) is 0 Å². The van der Waals surface area contributed by atoms with Gasteiger partial charge in [0.05, 0.1) is 11.9 Å². The van der Waals surface area contributed by atoms with Crippen LogP contribution in [0.1, 0.15) is 18.9 Å². The van der Waals surface area contributed by atoms with E-state index in [-0.39, 0.29) is 5.91 Å². The number of aromatic nitrogens is 2. The summed E-state index contributed by atoms with van der Waals surface area (Å²) in [5.74, 6) is 0.755. The van der Waals surface area contributed by atoms with E-state index in [0.717, 1.165) is 11.4 Å². The highest BCUT2D eigenvalue weighted by Crippen LogP contribution is 2.11. The number of rotatable bonds is 5. The number of carbonyl (C=O) groups is 1. The van der Waals surface area contributed by atoms with Crippen molar-refractivity contribution < 1.29 is 4.79 Å². The van der Waals surface area contributed by atoms with Gasteiger partial charge in [-0.25, -0.2) is 4.98 Å². The molecular weight excluding hydrogens is 240 g/mol. The first kappa shape index (κ1) is 13.0. The van der Waals surface area contributed by atoms with Crippen LogP contribution in [-0.2, 0) is 11.3 Å². The lowest BCUT2D eigenvalue weighted by Crippen LogP contribution is -2.10. The molecule has 1 amide bonds. The Morgan fingerprint density at radius 1 is 1.21 bits per heavy atom. The molecule has 0 spiro atoms. The fourth-order valence-electron chi connectivity index (χ4n) is 1.52. The van der Waals surface area contributed by atoms with Crippen LogP contribution in [0.3, 0.4) is 0 Å². The first-order chi connectivity index (χ1) is 9.28. The van der Waals surface area contributed by atoms with E-state index < -0.39 is 0 Å². The van der Waals surface area contributed by atoms with E-state index in [0.29, 0.717) is 18.7 Å². The van der Waals surface area contributed by atoms with E-state index in [9.17, 15) is 4.79 Å². The largest absolute Gasteiger partial charge is 0.366 e. The van der Waals surface area contributed by atoms with E-state index in [1.807, 2.05) is 31.2 Å². The van der Waals surface area contributed by atoms with Crippen molar-refractivity contribution in [1.29, 1.82) is 0 Å². The van der Waals surface area contributed by atoms with E-state index in [2.05, 4.69) is 20.6 Å². The SMILES string of the molecule is CCC(=O)Nc1ccc(NCc2ccncc2)nc1. The number of carbonyl (C=O) groups excluding carboxylic acids is 1. The summed E-state index contributed by atoms with van der Waals surface area (Å²) in [6.45, 7) is 2.50. The number of hydrogen-bond donors (Lipinski definition) is 2. The van der Waals surface area contributed by atoms with Gasteiger partial charge in [-0.3, -0.25) is 9.78 Å². The molecule has 0 unspecified atom stereocenters. The molecule has 0 aromatic carbocycles. The van der Waals surface area contributed by atoms with Crippen LogP contribution < -0.4 is 10.6 Å². The quantitative estimate of drug-likeness (QED) is 0.862. The summed E-state index contributed by atoms with van der Waals surface area (Å²) < 4.78 is 0. The molecule has 0 saturated carbocycles. The highest BCUT2D eigenvalue weighted by molar-refractivity contribution is 5.90. The maximum atomic E-state index is 11.2. The van der Waals surface area contributed by atoms with Gasteiger partial charge in [0.2, 0.25) is 5.91 Å². The van der Waals surface area contributed by atoms with Gasteiger partial charge in [0.15, 0.2) is 0 Å². The summed E-state index contributed by atoms with van der Waals surface area (Å²) in [6.07, 6.45) is 5.62. The van der Waals surface area contributed by atoms with Crippen LogP contribution in [0.25, 0.3) is 0 Å². The molecule has 2 heterocycles. The third kappa shape index (κ3) is 4.06. The second kappa shape index (κ2) is 6.49. The third-order valence-corrected chi connectivity index (χ3v) is 2.59. The number of amides is 1. The lowest BCUT2D eigenvalue weighted by Gasteiger charge is -2.07. The Labute approximate surface area is 112 Å².